The minimum atomic E-state index is -2.82. The van der Waals surface area contributed by atoms with Gasteiger partial charge in [0.1, 0.15) is 51.6 Å². The van der Waals surface area contributed by atoms with E-state index >= 15 is 4.39 Å². The first kappa shape index (κ1) is 52.6. The maximum Gasteiger partial charge on any atom is 0.255 e. The van der Waals surface area contributed by atoms with E-state index in [1.807, 2.05) is 0 Å². The number of halogens is 2. The zero-order chi connectivity index (χ0) is 54.1. The molecule has 2 aromatic carbocycles. The predicted octanol–water partition coefficient (Wildman–Crippen LogP) is 0.0687. The molecule has 0 saturated heterocycles. The normalized spacial score (nSPS) is 29.8. The third-order valence-corrected chi connectivity index (χ3v) is 14.9. The Kier molecular flexibility index (Phi) is 12.6. The molecule has 0 unspecified atom stereocenters. The molecule has 0 bridgehead atoms. The van der Waals surface area contributed by atoms with Crippen molar-refractivity contribution in [3.63, 3.8) is 0 Å². The fourth-order valence-electron chi connectivity index (χ4n) is 11.9. The van der Waals surface area contributed by atoms with Crippen molar-refractivity contribution < 1.29 is 83.2 Å². The summed E-state index contributed by atoms with van der Waals surface area (Å²) in [7, 11) is 9.22. The number of nitrogens with zero attached hydrogens (tertiary/aromatic N) is 3. The number of aliphatic hydroxyl groups is 6. The molecule has 8 rings (SSSR count). The summed E-state index contributed by atoms with van der Waals surface area (Å²) in [6, 6.07) is -0.669. The van der Waals surface area contributed by atoms with Crippen molar-refractivity contribution in [2.75, 3.05) is 59.9 Å². The number of carbonyl (C=O) groups is 7. The molecule has 72 heavy (non-hydrogen) atoms. The number of carbonyl (C=O) groups excluding carboxylic acids is 7. The third-order valence-electron chi connectivity index (χ3n) is 14.9. The summed E-state index contributed by atoms with van der Waals surface area (Å²) in [6.45, 7) is 2.99. The molecule has 6 aliphatic rings. The smallest absolute Gasteiger partial charge is 0.255 e. The van der Waals surface area contributed by atoms with Crippen molar-refractivity contribution in [3.8, 4) is 11.5 Å². The van der Waals surface area contributed by atoms with Gasteiger partial charge in [-0.1, -0.05) is 13.8 Å². The van der Waals surface area contributed by atoms with Gasteiger partial charge in [0.15, 0.2) is 28.5 Å². The van der Waals surface area contributed by atoms with Crippen LogP contribution in [0, 0.1) is 34.3 Å². The summed E-state index contributed by atoms with van der Waals surface area (Å²) in [5, 5.41) is 90.9. The molecule has 0 aromatic heterocycles. The molecule has 0 radical (unpaired) electrons. The number of fused-ring (bicyclic) bond motifs is 6. The van der Waals surface area contributed by atoms with Crippen LogP contribution < -0.4 is 22.5 Å². The molecule has 24 heteroatoms. The molecule has 2 aromatic rings. The van der Waals surface area contributed by atoms with Gasteiger partial charge in [0.25, 0.3) is 11.8 Å². The van der Waals surface area contributed by atoms with Crippen LogP contribution in [0.2, 0.25) is 0 Å². The Morgan fingerprint density at radius 1 is 0.667 bits per heavy atom. The van der Waals surface area contributed by atoms with Crippen molar-refractivity contribution in [3.05, 3.63) is 79.8 Å². The molecule has 22 nitrogen and oxygen atoms in total. The van der Waals surface area contributed by atoms with Crippen molar-refractivity contribution in [2.24, 2.45) is 34.1 Å². The van der Waals surface area contributed by atoms with Crippen molar-refractivity contribution in [1.29, 1.82) is 0 Å². The number of ketones is 4. The number of benzene rings is 2. The number of nitrogens with two attached hydrogens (primary N) is 3. The van der Waals surface area contributed by atoms with Crippen LogP contribution in [0.4, 0.5) is 20.2 Å². The van der Waals surface area contributed by atoms with Gasteiger partial charge in [-0.25, -0.2) is 8.78 Å². The van der Waals surface area contributed by atoms with E-state index in [-0.39, 0.29) is 65.9 Å². The van der Waals surface area contributed by atoms with Gasteiger partial charge in [-0.3, -0.25) is 43.4 Å². The molecule has 0 heterocycles. The van der Waals surface area contributed by atoms with Gasteiger partial charge in [0.2, 0.25) is 17.5 Å². The highest BCUT2D eigenvalue weighted by molar-refractivity contribution is 6.26. The molecule has 0 aliphatic heterocycles. The molecule has 15 N–H and O–H groups in total. The number of hydrogen-bond acceptors (Lipinski definition) is 19. The number of aromatic hydroxyl groups is 2. The number of aliphatic hydroxyl groups excluding tert-OH is 4. The van der Waals surface area contributed by atoms with Crippen LogP contribution in [-0.4, -0.2) is 169 Å². The first-order valence-corrected chi connectivity index (χ1v) is 22.2. The lowest BCUT2D eigenvalue weighted by Crippen LogP contribution is -2.67. The van der Waals surface area contributed by atoms with Crippen LogP contribution in [0.1, 0.15) is 48.9 Å². The summed E-state index contributed by atoms with van der Waals surface area (Å²) in [5.74, 6) is -17.0. The quantitative estimate of drug-likeness (QED) is 0.0992. The van der Waals surface area contributed by atoms with Crippen LogP contribution in [-0.2, 0) is 46.4 Å². The first-order valence-electron chi connectivity index (χ1n) is 22.2. The van der Waals surface area contributed by atoms with Crippen LogP contribution in [0.5, 0.6) is 11.5 Å². The summed E-state index contributed by atoms with van der Waals surface area (Å²) >= 11 is 0. The Labute approximate surface area is 409 Å². The number of phenolic OH excluding ortho intramolecular Hbond substituents is 2. The molecule has 6 aliphatic carbocycles. The summed E-state index contributed by atoms with van der Waals surface area (Å²) in [4.78, 5) is 94.5. The van der Waals surface area contributed by atoms with E-state index in [0.29, 0.717) is 0 Å². The van der Waals surface area contributed by atoms with Gasteiger partial charge in [0.05, 0.1) is 41.1 Å². The minimum Gasteiger partial charge on any atom is -0.508 e. The zero-order valence-corrected chi connectivity index (χ0v) is 40.3. The van der Waals surface area contributed by atoms with Gasteiger partial charge < -0.3 is 68.3 Å². The highest BCUT2D eigenvalue weighted by atomic mass is 19.1. The zero-order valence-electron chi connectivity index (χ0n) is 40.3. The van der Waals surface area contributed by atoms with Crippen molar-refractivity contribution in [2.45, 2.75) is 62.8 Å². The van der Waals surface area contributed by atoms with Gasteiger partial charge >= 0.3 is 0 Å². The van der Waals surface area contributed by atoms with Gasteiger partial charge in [-0.05, 0) is 68.0 Å². The first-order chi connectivity index (χ1) is 33.1. The maximum absolute atomic E-state index is 15.4. The van der Waals surface area contributed by atoms with Gasteiger partial charge in [0, 0.05) is 57.1 Å². The monoisotopic (exact) mass is 1010 g/mol. The molecular weight excluding hydrogens is 953 g/mol. The Hall–Kier alpha value is -7.25. The number of phenols is 2. The Morgan fingerprint density at radius 3 is 1.40 bits per heavy atom. The molecular formula is C48H55F2N7O15. The van der Waals surface area contributed by atoms with E-state index in [1.165, 1.54) is 44.9 Å². The fraction of sp³-hybridized carbons (Fsp3) is 0.438. The second-order valence-corrected chi connectivity index (χ2v) is 20.5. The van der Waals surface area contributed by atoms with Crippen LogP contribution in [0.3, 0.4) is 0 Å². The third kappa shape index (κ3) is 7.32. The van der Waals surface area contributed by atoms with Crippen LogP contribution in [0.25, 0.3) is 11.5 Å². The number of nitrogen functional groups attached to an aromatic ring is 1. The molecule has 2 fully saturated rings. The molecule has 2 saturated carbocycles. The van der Waals surface area contributed by atoms with Gasteiger partial charge in [-0.15, -0.1) is 0 Å². The number of primary amides is 2. The number of amides is 3. The largest absolute Gasteiger partial charge is 0.508 e. The SMILES string of the molecule is CN(C)CC(=O)Nc1cc(F)c2c(c1O)C(O)=C1C(=O)[C@]3(O)C(O)=C(C(N)=O)C(=O)[C@@H](N(C)C)[C@@H]3C[C@]1(C)C2.CN(C)[C@@H]1C(=O)C(C(N)=O)=C(O)[C@@]2(O)C(=O)C3=C(O)c4c(O)c(N)cc(F)c4C[C@@]3(C)C[C@@H]12. The van der Waals surface area contributed by atoms with E-state index in [9.17, 15) is 78.8 Å². The second kappa shape index (κ2) is 17.2. The van der Waals surface area contributed by atoms with E-state index in [2.05, 4.69) is 5.32 Å². The summed E-state index contributed by atoms with van der Waals surface area (Å²) in [5.41, 5.74) is 3.58. The number of Topliss-reactive ketones (excluding diaryl/α,β-unsaturated/α-hetero) is 4. The molecule has 0 spiro atoms. The lowest BCUT2D eigenvalue weighted by Gasteiger charge is -2.53. The summed E-state index contributed by atoms with van der Waals surface area (Å²) in [6.07, 6.45) is -0.738. The standard InChI is InChI=1S/C26H31FN4O8.C22H24FN3O7/c1-25-7-10-12(27)6-13(29-14(32)9-30(2)3)19(33)15(10)20(34)17(25)23(37)26(39)11(8-25)18(31(4)5)21(35)16(22(26)36)24(28)38;1-21-5-7-9(23)4-10(24)15(27)11(7)16(28)13(21)19(31)22(33)8(6-21)14(26(2)3)17(29)12(18(22)30)20(25)32/h6,11,18,33-34,36,39H,7-9H2,1-5H3,(H2,28,38)(H,29,32);4,8,14,27-28,30,33H,5-6,24H2,1-3H3,(H2,25,32)/t11-,18-,25-,26+;8-,14-,21-,22+/m00/s1. The second-order valence-electron chi connectivity index (χ2n) is 20.5. The lowest BCUT2D eigenvalue weighted by atomic mass is 9.52. The van der Waals surface area contributed by atoms with Crippen molar-refractivity contribution >= 4 is 63.7 Å². The van der Waals surface area contributed by atoms with Crippen molar-refractivity contribution in [1.82, 2.24) is 14.7 Å². The Bertz CT molecular complexity index is 3020. The Morgan fingerprint density at radius 2 is 1.04 bits per heavy atom. The predicted molar refractivity (Wildman–Crippen MR) is 249 cm³/mol. The highest BCUT2D eigenvalue weighted by Crippen LogP contribution is 2.60. The average molecular weight is 1010 g/mol. The number of rotatable bonds is 7. The minimum absolute atomic E-state index is 0.0789. The summed E-state index contributed by atoms with van der Waals surface area (Å²) < 4.78 is 30.2. The fourth-order valence-corrected chi connectivity index (χ4v) is 11.9. The van der Waals surface area contributed by atoms with Gasteiger partial charge in [-0.2, -0.15) is 0 Å². The number of likely N-dealkylation sites (N-methyl/N-ethyl adjacent to an activating group) is 3. The molecule has 3 amide bonds. The number of nitrogens with one attached hydrogen (secondary N) is 1. The maximum atomic E-state index is 15.4. The highest BCUT2D eigenvalue weighted by Gasteiger charge is 2.68. The van der Waals surface area contributed by atoms with Crippen LogP contribution in [0.15, 0.2) is 45.9 Å². The van der Waals surface area contributed by atoms with E-state index in [0.717, 1.165) is 12.1 Å². The number of anilines is 2. The average Bonchev–Trinajstić information content (AvgIpc) is 3.23. The van der Waals surface area contributed by atoms with Crippen LogP contribution >= 0.6 is 0 Å². The Balaban J connectivity index is 0.000000214. The van der Waals surface area contributed by atoms with E-state index in [4.69, 9.17) is 17.2 Å². The topological polar surface area (TPSA) is 381 Å². The number of hydrogen-bond donors (Lipinski definition) is 12. The van der Waals surface area contributed by atoms with E-state index < -0.39 is 155 Å². The molecule has 386 valence electrons. The van der Waals surface area contributed by atoms with E-state index in [1.54, 1.807) is 25.9 Å². The molecule has 8 atom stereocenters. The lowest BCUT2D eigenvalue weighted by molar-refractivity contribution is -0.157.